The van der Waals surface area contributed by atoms with Crippen molar-refractivity contribution in [2.24, 2.45) is 0 Å². The lowest BCUT2D eigenvalue weighted by atomic mass is 10.1. The van der Waals surface area contributed by atoms with Crippen LogP contribution in [-0.2, 0) is 4.74 Å². The van der Waals surface area contributed by atoms with Crippen molar-refractivity contribution < 1.29 is 14.6 Å². The first-order valence-electron chi connectivity index (χ1n) is 7.41. The van der Waals surface area contributed by atoms with E-state index in [1.54, 1.807) is 0 Å². The van der Waals surface area contributed by atoms with Crippen molar-refractivity contribution in [2.75, 3.05) is 19.8 Å². The molecule has 1 aliphatic carbocycles. The summed E-state index contributed by atoms with van der Waals surface area (Å²) in [7, 11) is 0. The fourth-order valence-electron chi connectivity index (χ4n) is 3.10. The van der Waals surface area contributed by atoms with Gasteiger partial charge >= 0.3 is 0 Å². The number of ether oxygens (including phenoxy) is 1. The number of nitrogens with zero attached hydrogens (tertiary/aromatic N) is 1. The van der Waals surface area contributed by atoms with E-state index in [-0.39, 0.29) is 24.7 Å². The number of fused-ring (bicyclic) bond motifs is 1. The SMILES string of the molecule is O=C(c1sccc1C#CCCO)N1CCOC2CCCC21. The van der Waals surface area contributed by atoms with Gasteiger partial charge in [-0.3, -0.25) is 4.79 Å². The quantitative estimate of drug-likeness (QED) is 0.849. The van der Waals surface area contributed by atoms with E-state index in [0.717, 1.165) is 24.8 Å². The lowest BCUT2D eigenvalue weighted by Crippen LogP contribution is -2.51. The zero-order chi connectivity index (χ0) is 14.7. The second-order valence-corrected chi connectivity index (χ2v) is 6.26. The Labute approximate surface area is 128 Å². The van der Waals surface area contributed by atoms with Gasteiger partial charge in [0.05, 0.1) is 25.4 Å². The van der Waals surface area contributed by atoms with Crippen LogP contribution < -0.4 is 0 Å². The Morgan fingerprint density at radius 2 is 2.43 bits per heavy atom. The van der Waals surface area contributed by atoms with E-state index in [4.69, 9.17) is 9.84 Å². The van der Waals surface area contributed by atoms with E-state index in [2.05, 4.69) is 11.8 Å². The standard InChI is InChI=1S/C16H19NO3S/c18-9-2-1-4-12-7-11-21-15(12)16(19)17-8-10-20-14-6-3-5-13(14)17/h7,11,13-14,18H,2-3,5-6,8-10H2. The van der Waals surface area contributed by atoms with Crippen molar-refractivity contribution in [3.8, 4) is 11.8 Å². The van der Waals surface area contributed by atoms with Crippen molar-refractivity contribution in [2.45, 2.75) is 37.8 Å². The molecule has 1 N–H and O–H groups in total. The van der Waals surface area contributed by atoms with E-state index >= 15 is 0 Å². The topological polar surface area (TPSA) is 49.8 Å². The van der Waals surface area contributed by atoms with Gasteiger partial charge in [-0.2, -0.15) is 0 Å². The molecule has 2 heterocycles. The summed E-state index contributed by atoms with van der Waals surface area (Å²) in [5, 5.41) is 10.7. The van der Waals surface area contributed by atoms with E-state index < -0.39 is 0 Å². The first kappa shape index (κ1) is 14.6. The Morgan fingerprint density at radius 3 is 3.29 bits per heavy atom. The van der Waals surface area contributed by atoms with Crippen molar-refractivity contribution in [3.05, 3.63) is 21.9 Å². The first-order chi connectivity index (χ1) is 10.3. The Hall–Kier alpha value is -1.35. The summed E-state index contributed by atoms with van der Waals surface area (Å²) in [4.78, 5) is 15.5. The molecule has 21 heavy (non-hydrogen) atoms. The van der Waals surface area contributed by atoms with Crippen LogP contribution in [-0.4, -0.2) is 47.8 Å². The molecule has 0 aromatic carbocycles. The predicted molar refractivity (Wildman–Crippen MR) is 81.3 cm³/mol. The molecule has 112 valence electrons. The van der Waals surface area contributed by atoms with Crippen molar-refractivity contribution in [3.63, 3.8) is 0 Å². The minimum atomic E-state index is 0.0492. The number of rotatable bonds is 2. The van der Waals surface area contributed by atoms with Crippen LogP contribution in [0.4, 0.5) is 0 Å². The molecule has 1 saturated carbocycles. The zero-order valence-electron chi connectivity index (χ0n) is 11.9. The maximum absolute atomic E-state index is 12.8. The Bertz CT molecular complexity index is 572. The third-order valence-corrected chi connectivity index (χ3v) is 4.96. The summed E-state index contributed by atoms with van der Waals surface area (Å²) in [5.74, 6) is 5.97. The third-order valence-electron chi connectivity index (χ3n) is 4.06. The van der Waals surface area contributed by atoms with Gasteiger partial charge in [0.15, 0.2) is 0 Å². The molecule has 1 aromatic rings. The van der Waals surface area contributed by atoms with Gasteiger partial charge in [-0.15, -0.1) is 11.3 Å². The summed E-state index contributed by atoms with van der Waals surface area (Å²) in [6.07, 6.45) is 3.87. The molecule has 1 aliphatic heterocycles. The van der Waals surface area contributed by atoms with Gasteiger partial charge in [0.1, 0.15) is 4.88 Å². The highest BCUT2D eigenvalue weighted by molar-refractivity contribution is 7.12. The molecule has 0 radical (unpaired) electrons. The average Bonchev–Trinajstić information content (AvgIpc) is 3.15. The van der Waals surface area contributed by atoms with Gasteiger partial charge < -0.3 is 14.7 Å². The Morgan fingerprint density at radius 1 is 1.52 bits per heavy atom. The van der Waals surface area contributed by atoms with Crippen LogP contribution >= 0.6 is 11.3 Å². The molecular formula is C16H19NO3S. The number of thiophene rings is 1. The van der Waals surface area contributed by atoms with Gasteiger partial charge in [0.2, 0.25) is 0 Å². The normalized spacial score (nSPS) is 24.3. The summed E-state index contributed by atoms with van der Waals surface area (Å²) >= 11 is 1.45. The maximum Gasteiger partial charge on any atom is 0.265 e. The van der Waals surface area contributed by atoms with Crippen LogP contribution in [0.15, 0.2) is 11.4 Å². The van der Waals surface area contributed by atoms with E-state index in [1.807, 2.05) is 16.3 Å². The molecule has 1 amide bonds. The lowest BCUT2D eigenvalue weighted by molar-refractivity contribution is -0.0443. The lowest BCUT2D eigenvalue weighted by Gasteiger charge is -2.37. The van der Waals surface area contributed by atoms with Crippen LogP contribution in [0.3, 0.4) is 0 Å². The molecule has 1 aromatic heterocycles. The van der Waals surface area contributed by atoms with Crippen LogP contribution in [0.5, 0.6) is 0 Å². The molecule has 0 spiro atoms. The molecule has 1 saturated heterocycles. The Kier molecular flexibility index (Phi) is 4.59. The third kappa shape index (κ3) is 2.98. The number of carbonyl (C=O) groups excluding carboxylic acids is 1. The molecule has 4 nitrogen and oxygen atoms in total. The number of aliphatic hydroxyl groups excluding tert-OH is 1. The minimum Gasteiger partial charge on any atom is -0.395 e. The molecule has 0 bridgehead atoms. The molecular weight excluding hydrogens is 286 g/mol. The van der Waals surface area contributed by atoms with E-state index in [1.165, 1.54) is 11.3 Å². The fraction of sp³-hybridized carbons (Fsp3) is 0.562. The highest BCUT2D eigenvalue weighted by Crippen LogP contribution is 2.31. The monoisotopic (exact) mass is 305 g/mol. The zero-order valence-corrected chi connectivity index (χ0v) is 12.7. The van der Waals surface area contributed by atoms with Gasteiger partial charge in [-0.25, -0.2) is 0 Å². The second kappa shape index (κ2) is 6.61. The number of hydrogen-bond donors (Lipinski definition) is 1. The summed E-state index contributed by atoms with van der Waals surface area (Å²) in [5.41, 5.74) is 0.777. The van der Waals surface area contributed by atoms with Gasteiger partial charge in [-0.05, 0) is 30.7 Å². The molecule has 5 heteroatoms. The number of aliphatic hydroxyl groups is 1. The van der Waals surface area contributed by atoms with Crippen molar-refractivity contribution in [1.82, 2.24) is 4.90 Å². The fourth-order valence-corrected chi connectivity index (χ4v) is 3.90. The first-order valence-corrected chi connectivity index (χ1v) is 8.29. The summed E-state index contributed by atoms with van der Waals surface area (Å²) in [6.45, 7) is 1.35. The van der Waals surface area contributed by atoms with Crippen LogP contribution in [0.25, 0.3) is 0 Å². The average molecular weight is 305 g/mol. The van der Waals surface area contributed by atoms with Gasteiger partial charge in [-0.1, -0.05) is 11.8 Å². The largest absolute Gasteiger partial charge is 0.395 e. The Balaban J connectivity index is 1.79. The number of amides is 1. The van der Waals surface area contributed by atoms with Crippen LogP contribution in [0.1, 0.15) is 40.9 Å². The summed E-state index contributed by atoms with van der Waals surface area (Å²) in [6, 6.07) is 2.11. The highest BCUT2D eigenvalue weighted by Gasteiger charge is 2.39. The van der Waals surface area contributed by atoms with Crippen molar-refractivity contribution in [1.29, 1.82) is 0 Å². The van der Waals surface area contributed by atoms with Crippen molar-refractivity contribution >= 4 is 17.2 Å². The second-order valence-electron chi connectivity index (χ2n) is 5.34. The van der Waals surface area contributed by atoms with E-state index in [9.17, 15) is 4.79 Å². The van der Waals surface area contributed by atoms with Gasteiger partial charge in [0, 0.05) is 18.5 Å². The van der Waals surface area contributed by atoms with Gasteiger partial charge in [0.25, 0.3) is 5.91 Å². The molecule has 2 aliphatic rings. The van der Waals surface area contributed by atoms with Crippen LogP contribution in [0.2, 0.25) is 0 Å². The summed E-state index contributed by atoms with van der Waals surface area (Å²) < 4.78 is 5.76. The number of carbonyl (C=O) groups is 1. The number of hydrogen-bond acceptors (Lipinski definition) is 4. The van der Waals surface area contributed by atoms with E-state index in [0.29, 0.717) is 24.4 Å². The number of morpholine rings is 1. The van der Waals surface area contributed by atoms with Crippen LogP contribution in [0, 0.1) is 11.8 Å². The molecule has 2 atom stereocenters. The maximum atomic E-state index is 12.8. The smallest absolute Gasteiger partial charge is 0.265 e. The minimum absolute atomic E-state index is 0.0492. The predicted octanol–water partition coefficient (Wildman–Crippen LogP) is 1.88. The highest BCUT2D eigenvalue weighted by atomic mass is 32.1. The molecule has 3 rings (SSSR count). The molecule has 2 fully saturated rings. The molecule has 2 unspecified atom stereocenters.